The SMILES string of the molecule is c1c[nH]c(CNCc2ccc(N3CCCCCC3)nc2)n1. The first-order chi connectivity index (χ1) is 10.4. The van der Waals surface area contributed by atoms with E-state index in [0.29, 0.717) is 0 Å². The van der Waals surface area contributed by atoms with Crippen molar-refractivity contribution in [3.05, 3.63) is 42.1 Å². The highest BCUT2D eigenvalue weighted by Gasteiger charge is 2.10. The summed E-state index contributed by atoms with van der Waals surface area (Å²) in [6.07, 6.45) is 10.9. The Bertz CT molecular complexity index is 512. The molecular weight excluding hydrogens is 262 g/mol. The van der Waals surface area contributed by atoms with E-state index >= 15 is 0 Å². The van der Waals surface area contributed by atoms with Gasteiger partial charge in [-0.2, -0.15) is 0 Å². The highest BCUT2D eigenvalue weighted by Crippen LogP contribution is 2.17. The van der Waals surface area contributed by atoms with Crippen molar-refractivity contribution in [2.75, 3.05) is 18.0 Å². The fraction of sp³-hybridized carbons (Fsp3) is 0.500. The summed E-state index contributed by atoms with van der Waals surface area (Å²) in [5, 5.41) is 3.37. The van der Waals surface area contributed by atoms with E-state index in [1.54, 1.807) is 6.20 Å². The molecule has 0 atom stereocenters. The van der Waals surface area contributed by atoms with Gasteiger partial charge in [0.15, 0.2) is 0 Å². The Morgan fingerprint density at radius 2 is 1.90 bits per heavy atom. The van der Waals surface area contributed by atoms with Gasteiger partial charge >= 0.3 is 0 Å². The zero-order valence-corrected chi connectivity index (χ0v) is 12.4. The first-order valence-corrected chi connectivity index (χ1v) is 7.81. The number of aromatic nitrogens is 3. The Kier molecular flexibility index (Phi) is 4.84. The topological polar surface area (TPSA) is 56.8 Å². The van der Waals surface area contributed by atoms with Crippen LogP contribution >= 0.6 is 0 Å². The predicted octanol–water partition coefficient (Wildman–Crippen LogP) is 2.47. The number of nitrogens with zero attached hydrogens (tertiary/aromatic N) is 3. The second-order valence-electron chi connectivity index (χ2n) is 5.57. The van der Waals surface area contributed by atoms with Gasteiger partial charge in [-0.15, -0.1) is 0 Å². The summed E-state index contributed by atoms with van der Waals surface area (Å²) in [6.45, 7) is 3.85. The van der Waals surface area contributed by atoms with Crippen LogP contribution in [0.25, 0.3) is 0 Å². The van der Waals surface area contributed by atoms with Gasteiger partial charge in [0, 0.05) is 38.2 Å². The Balaban J connectivity index is 1.51. The minimum absolute atomic E-state index is 0.751. The third-order valence-electron chi connectivity index (χ3n) is 3.92. The van der Waals surface area contributed by atoms with Gasteiger partial charge in [0.1, 0.15) is 11.6 Å². The normalized spacial score (nSPS) is 15.9. The van der Waals surface area contributed by atoms with E-state index in [9.17, 15) is 0 Å². The van der Waals surface area contributed by atoms with Crippen molar-refractivity contribution in [3.63, 3.8) is 0 Å². The maximum Gasteiger partial charge on any atom is 0.128 e. The average molecular weight is 285 g/mol. The summed E-state index contributed by atoms with van der Waals surface area (Å²) in [4.78, 5) is 14.3. The molecule has 1 aliphatic heterocycles. The highest BCUT2D eigenvalue weighted by molar-refractivity contribution is 5.39. The number of rotatable bonds is 5. The Labute approximate surface area is 125 Å². The molecule has 5 heteroatoms. The molecule has 0 aromatic carbocycles. The lowest BCUT2D eigenvalue weighted by atomic mass is 10.2. The molecule has 21 heavy (non-hydrogen) atoms. The molecule has 2 aromatic rings. The molecule has 112 valence electrons. The quantitative estimate of drug-likeness (QED) is 0.886. The first-order valence-electron chi connectivity index (χ1n) is 7.81. The van der Waals surface area contributed by atoms with Crippen molar-refractivity contribution in [1.29, 1.82) is 0 Å². The Morgan fingerprint density at radius 1 is 1.05 bits per heavy atom. The summed E-state index contributed by atoms with van der Waals surface area (Å²) in [6, 6.07) is 4.32. The molecule has 1 aliphatic rings. The van der Waals surface area contributed by atoms with Crippen molar-refractivity contribution in [1.82, 2.24) is 20.3 Å². The highest BCUT2D eigenvalue weighted by atomic mass is 15.2. The molecule has 0 radical (unpaired) electrons. The Morgan fingerprint density at radius 3 is 2.57 bits per heavy atom. The van der Waals surface area contributed by atoms with Gasteiger partial charge in [0.2, 0.25) is 0 Å². The van der Waals surface area contributed by atoms with Crippen molar-refractivity contribution >= 4 is 5.82 Å². The van der Waals surface area contributed by atoms with Gasteiger partial charge in [-0.1, -0.05) is 18.9 Å². The van der Waals surface area contributed by atoms with Crippen LogP contribution in [0.2, 0.25) is 0 Å². The number of imidazole rings is 1. The lowest BCUT2D eigenvalue weighted by molar-refractivity contribution is 0.666. The predicted molar refractivity (Wildman–Crippen MR) is 84.0 cm³/mol. The van der Waals surface area contributed by atoms with E-state index in [-0.39, 0.29) is 0 Å². The molecular formula is C16H23N5. The lowest BCUT2D eigenvalue weighted by Gasteiger charge is -2.21. The maximum absolute atomic E-state index is 4.62. The average Bonchev–Trinajstić information content (AvgIpc) is 2.88. The molecule has 0 bridgehead atoms. The van der Waals surface area contributed by atoms with E-state index in [1.807, 2.05) is 12.4 Å². The molecule has 0 unspecified atom stereocenters. The lowest BCUT2D eigenvalue weighted by Crippen LogP contribution is -2.24. The van der Waals surface area contributed by atoms with Crippen LogP contribution in [0, 0.1) is 0 Å². The van der Waals surface area contributed by atoms with Crippen LogP contribution < -0.4 is 10.2 Å². The zero-order valence-electron chi connectivity index (χ0n) is 12.4. The number of hydrogen-bond acceptors (Lipinski definition) is 4. The first kappa shape index (κ1) is 14.1. The number of hydrogen-bond donors (Lipinski definition) is 2. The molecule has 0 spiro atoms. The fourth-order valence-corrected chi connectivity index (χ4v) is 2.73. The number of nitrogens with one attached hydrogen (secondary N) is 2. The maximum atomic E-state index is 4.62. The van der Waals surface area contributed by atoms with E-state index in [4.69, 9.17) is 0 Å². The number of H-pyrrole nitrogens is 1. The molecule has 5 nitrogen and oxygen atoms in total. The molecule has 2 N–H and O–H groups in total. The second-order valence-corrected chi connectivity index (χ2v) is 5.57. The van der Waals surface area contributed by atoms with Crippen LogP contribution in [0.5, 0.6) is 0 Å². The number of aromatic amines is 1. The van der Waals surface area contributed by atoms with E-state index in [1.165, 1.54) is 31.2 Å². The summed E-state index contributed by atoms with van der Waals surface area (Å²) in [5.41, 5.74) is 1.21. The van der Waals surface area contributed by atoms with Gasteiger partial charge in [0.05, 0.1) is 6.54 Å². The smallest absolute Gasteiger partial charge is 0.128 e. The molecule has 2 aromatic heterocycles. The number of pyridine rings is 1. The van der Waals surface area contributed by atoms with Crippen molar-refractivity contribution in [2.45, 2.75) is 38.8 Å². The second kappa shape index (κ2) is 7.22. The van der Waals surface area contributed by atoms with Gasteiger partial charge in [0.25, 0.3) is 0 Å². The molecule has 0 aliphatic carbocycles. The fourth-order valence-electron chi connectivity index (χ4n) is 2.73. The molecule has 0 amide bonds. The zero-order chi connectivity index (χ0) is 14.3. The Hall–Kier alpha value is -1.88. The van der Waals surface area contributed by atoms with Crippen LogP contribution in [0.4, 0.5) is 5.82 Å². The van der Waals surface area contributed by atoms with Crippen LogP contribution in [-0.2, 0) is 13.1 Å². The standard InChI is InChI=1S/C16H23N5/c1-2-4-10-21(9-3-1)16-6-5-14(12-20-16)11-17-13-15-18-7-8-19-15/h5-8,12,17H,1-4,9-11,13H2,(H,18,19). The van der Waals surface area contributed by atoms with Gasteiger partial charge < -0.3 is 15.2 Å². The third-order valence-corrected chi connectivity index (χ3v) is 3.92. The van der Waals surface area contributed by atoms with Crippen LogP contribution in [0.1, 0.15) is 37.1 Å². The van der Waals surface area contributed by atoms with Crippen molar-refractivity contribution < 1.29 is 0 Å². The molecule has 1 saturated heterocycles. The van der Waals surface area contributed by atoms with Crippen LogP contribution in [-0.4, -0.2) is 28.0 Å². The molecule has 3 heterocycles. The summed E-state index contributed by atoms with van der Waals surface area (Å²) in [5.74, 6) is 2.08. The van der Waals surface area contributed by atoms with E-state index < -0.39 is 0 Å². The van der Waals surface area contributed by atoms with Gasteiger partial charge in [-0.05, 0) is 24.5 Å². The molecule has 3 rings (SSSR count). The molecule has 1 fully saturated rings. The largest absolute Gasteiger partial charge is 0.357 e. The van der Waals surface area contributed by atoms with Gasteiger partial charge in [-0.3, -0.25) is 0 Å². The monoisotopic (exact) mass is 285 g/mol. The summed E-state index contributed by atoms with van der Waals surface area (Å²) < 4.78 is 0. The third kappa shape index (κ3) is 4.04. The van der Waals surface area contributed by atoms with E-state index in [2.05, 4.69) is 37.3 Å². The summed E-state index contributed by atoms with van der Waals surface area (Å²) >= 11 is 0. The number of anilines is 1. The van der Waals surface area contributed by atoms with Crippen LogP contribution in [0.3, 0.4) is 0 Å². The minimum atomic E-state index is 0.751. The van der Waals surface area contributed by atoms with Crippen molar-refractivity contribution in [2.24, 2.45) is 0 Å². The van der Waals surface area contributed by atoms with E-state index in [0.717, 1.165) is 37.8 Å². The molecule has 0 saturated carbocycles. The van der Waals surface area contributed by atoms with Gasteiger partial charge in [-0.25, -0.2) is 9.97 Å². The minimum Gasteiger partial charge on any atom is -0.357 e. The van der Waals surface area contributed by atoms with Crippen molar-refractivity contribution in [3.8, 4) is 0 Å². The van der Waals surface area contributed by atoms with Crippen LogP contribution in [0.15, 0.2) is 30.7 Å². The summed E-state index contributed by atoms with van der Waals surface area (Å²) in [7, 11) is 0.